The largest absolute Gasteiger partial charge is 0.405 e. The molecule has 132 valence electrons. The Balaban J connectivity index is 0.00000208. The minimum absolute atomic E-state index is 0. The van der Waals surface area contributed by atoms with Gasteiger partial charge in [0.2, 0.25) is 0 Å². The Morgan fingerprint density at radius 2 is 2.12 bits per heavy atom. The molecule has 1 aromatic heterocycles. The zero-order valence-electron chi connectivity index (χ0n) is 13.0. The van der Waals surface area contributed by atoms with Crippen LogP contribution in [0.3, 0.4) is 0 Å². The van der Waals surface area contributed by atoms with Crippen molar-refractivity contribution in [1.29, 1.82) is 0 Å². The molecule has 1 aliphatic rings. The van der Waals surface area contributed by atoms with Gasteiger partial charge < -0.3 is 10.6 Å². The van der Waals surface area contributed by atoms with Crippen molar-refractivity contribution in [2.24, 2.45) is 5.92 Å². The second-order valence-corrected chi connectivity index (χ2v) is 5.90. The van der Waals surface area contributed by atoms with E-state index < -0.39 is 18.6 Å². The van der Waals surface area contributed by atoms with Crippen LogP contribution in [0.4, 0.5) is 13.2 Å². The molecule has 1 amide bonds. The molecule has 24 heavy (non-hydrogen) atoms. The highest BCUT2D eigenvalue weighted by Gasteiger charge is 2.28. The Bertz CT molecular complexity index is 740. The quantitative estimate of drug-likeness (QED) is 0.877. The van der Waals surface area contributed by atoms with Crippen molar-refractivity contribution in [3.8, 4) is 0 Å². The zero-order chi connectivity index (χ0) is 16.6. The van der Waals surface area contributed by atoms with Gasteiger partial charge >= 0.3 is 6.18 Å². The SMILES string of the molecule is Cc1cc2nn(CC3CNC3)cc2cc1C(=O)NCC(F)(F)F.Cl. The van der Waals surface area contributed by atoms with E-state index in [4.69, 9.17) is 0 Å². The predicted octanol–water partition coefficient (Wildman–Crippen LogP) is 2.28. The zero-order valence-corrected chi connectivity index (χ0v) is 13.8. The van der Waals surface area contributed by atoms with Crippen LogP contribution in [0.15, 0.2) is 18.3 Å². The van der Waals surface area contributed by atoms with Gasteiger partial charge in [0.1, 0.15) is 6.54 Å². The van der Waals surface area contributed by atoms with Gasteiger partial charge in [-0.15, -0.1) is 12.4 Å². The van der Waals surface area contributed by atoms with Gasteiger partial charge in [-0.05, 0) is 24.6 Å². The number of rotatable bonds is 4. The fourth-order valence-electron chi connectivity index (χ4n) is 2.58. The fraction of sp³-hybridized carbons (Fsp3) is 0.467. The Morgan fingerprint density at radius 3 is 2.71 bits per heavy atom. The monoisotopic (exact) mass is 362 g/mol. The molecule has 1 fully saturated rings. The summed E-state index contributed by atoms with van der Waals surface area (Å²) in [7, 11) is 0. The van der Waals surface area contributed by atoms with Gasteiger partial charge in [-0.2, -0.15) is 18.3 Å². The first kappa shape index (κ1) is 18.5. The Kier molecular flexibility index (Phi) is 5.39. The first-order chi connectivity index (χ1) is 10.8. The summed E-state index contributed by atoms with van der Waals surface area (Å²) in [5.74, 6) is -0.183. The molecule has 2 aromatic rings. The molecule has 1 saturated heterocycles. The summed E-state index contributed by atoms with van der Waals surface area (Å²) in [5.41, 5.74) is 1.58. The number of alkyl halides is 3. The maximum atomic E-state index is 12.2. The lowest BCUT2D eigenvalue weighted by atomic mass is 10.0. The highest BCUT2D eigenvalue weighted by Crippen LogP contribution is 2.20. The summed E-state index contributed by atoms with van der Waals surface area (Å²) in [6.45, 7) is 3.06. The van der Waals surface area contributed by atoms with Crippen LogP contribution in [0.5, 0.6) is 0 Å². The van der Waals surface area contributed by atoms with Gasteiger partial charge in [0.15, 0.2) is 0 Å². The van der Waals surface area contributed by atoms with E-state index in [0.29, 0.717) is 11.5 Å². The van der Waals surface area contributed by atoms with Gasteiger partial charge in [-0.3, -0.25) is 9.48 Å². The number of carbonyl (C=O) groups excluding carboxylic acids is 1. The third-order valence-corrected chi connectivity index (χ3v) is 3.90. The van der Waals surface area contributed by atoms with E-state index in [-0.39, 0.29) is 18.0 Å². The maximum absolute atomic E-state index is 12.2. The Morgan fingerprint density at radius 1 is 1.42 bits per heavy atom. The fourth-order valence-corrected chi connectivity index (χ4v) is 2.58. The minimum atomic E-state index is -4.42. The van der Waals surface area contributed by atoms with E-state index in [1.807, 2.05) is 16.2 Å². The molecule has 2 N–H and O–H groups in total. The van der Waals surface area contributed by atoms with Crippen LogP contribution in [0.25, 0.3) is 10.9 Å². The lowest BCUT2D eigenvalue weighted by Crippen LogP contribution is -2.44. The number of amides is 1. The molecule has 0 saturated carbocycles. The summed E-state index contributed by atoms with van der Waals surface area (Å²) < 4.78 is 38.5. The minimum Gasteiger partial charge on any atom is -0.343 e. The number of hydrogen-bond acceptors (Lipinski definition) is 3. The van der Waals surface area contributed by atoms with E-state index in [2.05, 4.69) is 10.4 Å². The third-order valence-electron chi connectivity index (χ3n) is 3.90. The number of fused-ring (bicyclic) bond motifs is 1. The lowest BCUT2D eigenvalue weighted by Gasteiger charge is -2.26. The molecule has 0 radical (unpaired) electrons. The lowest BCUT2D eigenvalue weighted by molar-refractivity contribution is -0.123. The normalized spacial score (nSPS) is 15.0. The maximum Gasteiger partial charge on any atom is 0.405 e. The highest BCUT2D eigenvalue weighted by molar-refractivity contribution is 5.99. The molecule has 0 unspecified atom stereocenters. The molecule has 1 aromatic carbocycles. The van der Waals surface area contributed by atoms with Crippen LogP contribution in [0.1, 0.15) is 15.9 Å². The second-order valence-electron chi connectivity index (χ2n) is 5.90. The number of halogens is 4. The molecule has 0 aliphatic carbocycles. The number of nitrogens with one attached hydrogen (secondary N) is 2. The van der Waals surface area contributed by atoms with Crippen LogP contribution >= 0.6 is 12.4 Å². The van der Waals surface area contributed by atoms with Gasteiger partial charge in [-0.25, -0.2) is 0 Å². The van der Waals surface area contributed by atoms with Crippen LogP contribution in [-0.2, 0) is 6.54 Å². The Hall–Kier alpha value is -1.80. The van der Waals surface area contributed by atoms with Crippen LogP contribution in [0, 0.1) is 12.8 Å². The number of carbonyl (C=O) groups is 1. The summed E-state index contributed by atoms with van der Waals surface area (Å²) in [4.78, 5) is 11.9. The number of nitrogens with zero attached hydrogens (tertiary/aromatic N) is 2. The van der Waals surface area contributed by atoms with Crippen molar-refractivity contribution in [2.75, 3.05) is 19.6 Å². The van der Waals surface area contributed by atoms with Crippen LogP contribution in [0.2, 0.25) is 0 Å². The van der Waals surface area contributed by atoms with Crippen LogP contribution < -0.4 is 10.6 Å². The topological polar surface area (TPSA) is 59.0 Å². The van der Waals surface area contributed by atoms with Crippen LogP contribution in [-0.4, -0.2) is 41.5 Å². The van der Waals surface area contributed by atoms with E-state index in [9.17, 15) is 18.0 Å². The standard InChI is InChI=1S/C15H17F3N4O.ClH/c1-9-2-13-11(7-22(21-13)6-10-4-19-5-10)3-12(9)14(23)20-8-15(16,17)18;/h2-3,7,10,19H,4-6,8H2,1H3,(H,20,23);1H. The predicted molar refractivity (Wildman–Crippen MR) is 86.5 cm³/mol. The van der Waals surface area contributed by atoms with E-state index in [1.54, 1.807) is 19.1 Å². The first-order valence-corrected chi connectivity index (χ1v) is 7.35. The molecule has 3 rings (SSSR count). The van der Waals surface area contributed by atoms with E-state index >= 15 is 0 Å². The average Bonchev–Trinajstić information content (AvgIpc) is 2.80. The summed E-state index contributed by atoms with van der Waals surface area (Å²) >= 11 is 0. The smallest absolute Gasteiger partial charge is 0.343 e. The summed E-state index contributed by atoms with van der Waals surface area (Å²) in [6, 6.07) is 3.33. The molecular weight excluding hydrogens is 345 g/mol. The Labute approximate surface area is 143 Å². The van der Waals surface area contributed by atoms with Crippen molar-refractivity contribution in [1.82, 2.24) is 20.4 Å². The van der Waals surface area contributed by atoms with Crippen molar-refractivity contribution >= 4 is 29.2 Å². The second kappa shape index (κ2) is 6.98. The van der Waals surface area contributed by atoms with E-state index in [1.165, 1.54) is 0 Å². The van der Waals surface area contributed by atoms with Gasteiger partial charge in [0, 0.05) is 42.7 Å². The van der Waals surface area contributed by atoms with Crippen molar-refractivity contribution < 1.29 is 18.0 Å². The molecular formula is C15H18ClF3N4O. The van der Waals surface area contributed by atoms with Crippen molar-refractivity contribution in [2.45, 2.75) is 19.6 Å². The number of hydrogen-bond donors (Lipinski definition) is 2. The van der Waals surface area contributed by atoms with Crippen molar-refractivity contribution in [3.05, 3.63) is 29.5 Å². The van der Waals surface area contributed by atoms with Gasteiger partial charge in [-0.1, -0.05) is 0 Å². The average molecular weight is 363 g/mol. The van der Waals surface area contributed by atoms with E-state index in [0.717, 1.165) is 30.5 Å². The van der Waals surface area contributed by atoms with Gasteiger partial charge in [0.25, 0.3) is 5.91 Å². The molecule has 5 nitrogen and oxygen atoms in total. The van der Waals surface area contributed by atoms with Crippen molar-refractivity contribution in [3.63, 3.8) is 0 Å². The molecule has 0 spiro atoms. The number of aromatic nitrogens is 2. The highest BCUT2D eigenvalue weighted by atomic mass is 35.5. The summed E-state index contributed by atoms with van der Waals surface area (Å²) in [5, 5.41) is 10.3. The molecule has 9 heteroatoms. The number of aryl methyl sites for hydroxylation is 1. The van der Waals surface area contributed by atoms with Gasteiger partial charge in [0.05, 0.1) is 5.52 Å². The molecule has 0 atom stereocenters. The molecule has 1 aliphatic heterocycles. The summed E-state index contributed by atoms with van der Waals surface area (Å²) in [6.07, 6.45) is -2.59. The molecule has 0 bridgehead atoms. The third kappa shape index (κ3) is 4.18. The molecule has 2 heterocycles. The first-order valence-electron chi connectivity index (χ1n) is 7.35. The number of benzene rings is 1.